The third kappa shape index (κ3) is 4.33. The summed E-state index contributed by atoms with van der Waals surface area (Å²) in [7, 11) is -9.97. The maximum atomic E-state index is 13.9. The number of halogens is 9. The fourth-order valence-electron chi connectivity index (χ4n) is 1.94. The number of hydrogen-bond donors (Lipinski definition) is 0. The summed E-state index contributed by atoms with van der Waals surface area (Å²) in [6, 6.07) is 1.29. The highest BCUT2D eigenvalue weighted by Crippen LogP contribution is 3.02. The summed E-state index contributed by atoms with van der Waals surface area (Å²) in [6.07, 6.45) is -4.59. The van der Waals surface area contributed by atoms with E-state index < -0.39 is 44.2 Å². The first-order valence-electron chi connectivity index (χ1n) is 6.37. The van der Waals surface area contributed by atoms with E-state index in [1.165, 1.54) is 6.92 Å². The van der Waals surface area contributed by atoms with Crippen molar-refractivity contribution in [2.45, 2.75) is 17.9 Å². The average Bonchev–Trinajstić information content (AvgIpc) is 2.33. The molecule has 0 atom stereocenters. The van der Waals surface area contributed by atoms with Gasteiger partial charge in [0.25, 0.3) is 0 Å². The molecule has 0 saturated carbocycles. The second-order valence-corrected chi connectivity index (χ2v) is 7.57. The van der Waals surface area contributed by atoms with Gasteiger partial charge in [0.15, 0.2) is 0 Å². The van der Waals surface area contributed by atoms with Crippen molar-refractivity contribution in [2.75, 3.05) is 0 Å². The van der Waals surface area contributed by atoms with Crippen molar-refractivity contribution in [2.24, 2.45) is 0 Å². The molecule has 1 nitrogen and oxygen atoms in total. The Morgan fingerprint density at radius 2 is 1.28 bits per heavy atom. The van der Waals surface area contributed by atoms with Gasteiger partial charge in [-0.25, -0.2) is 8.78 Å². The highest BCUT2D eigenvalue weighted by Gasteiger charge is 2.65. The summed E-state index contributed by atoms with van der Waals surface area (Å²) in [6.45, 7) is 1.24. The second kappa shape index (κ2) is 4.99. The predicted octanol–water partition coefficient (Wildman–Crippen LogP) is 7.06. The maximum Gasteiger partial charge on any atom is 0.432 e. The molecular weight excluding hydrogens is 387 g/mol. The summed E-state index contributed by atoms with van der Waals surface area (Å²) in [4.78, 5) is -2.32. The molecule has 0 radical (unpaired) electrons. The van der Waals surface area contributed by atoms with E-state index in [1.54, 1.807) is 0 Å². The van der Waals surface area contributed by atoms with E-state index >= 15 is 0 Å². The normalized spacial score (nSPS) is 15.4. The van der Waals surface area contributed by atoms with Crippen LogP contribution in [-0.4, -0.2) is 0 Å². The van der Waals surface area contributed by atoms with E-state index in [-0.39, 0.29) is 29.8 Å². The molecule has 0 unspecified atom stereocenters. The fraction of sp³-hybridized carbons (Fsp3) is 0.143. The van der Waals surface area contributed by atoms with Gasteiger partial charge in [-0.2, -0.15) is 8.78 Å². The van der Waals surface area contributed by atoms with Crippen LogP contribution in [0.3, 0.4) is 0 Å². The molecule has 0 aromatic heterocycles. The molecule has 0 spiro atoms. The Labute approximate surface area is 135 Å². The SMILES string of the molecule is Cc1cc(F)c(C(F)(F)Oc2ccc(S(F)(F)(F)(F)F)cc2)c(F)c1. The van der Waals surface area contributed by atoms with Crippen LogP contribution >= 0.6 is 10.2 Å². The first kappa shape index (κ1) is 19.3. The minimum Gasteiger partial charge on any atom is -0.429 e. The van der Waals surface area contributed by atoms with Gasteiger partial charge < -0.3 is 4.74 Å². The zero-order valence-electron chi connectivity index (χ0n) is 12.2. The van der Waals surface area contributed by atoms with E-state index in [0.29, 0.717) is 12.1 Å². The molecule has 0 aliphatic carbocycles. The molecule has 0 heterocycles. The molecule has 0 aliphatic heterocycles. The van der Waals surface area contributed by atoms with Gasteiger partial charge in [-0.15, -0.1) is 0 Å². The van der Waals surface area contributed by atoms with Crippen LogP contribution in [0.4, 0.5) is 37.0 Å². The van der Waals surface area contributed by atoms with Gasteiger partial charge >= 0.3 is 16.3 Å². The van der Waals surface area contributed by atoms with Gasteiger partial charge in [0.1, 0.15) is 27.8 Å². The Morgan fingerprint density at radius 1 is 0.840 bits per heavy atom. The average molecular weight is 396 g/mol. The van der Waals surface area contributed by atoms with Crippen LogP contribution in [0.25, 0.3) is 0 Å². The van der Waals surface area contributed by atoms with Gasteiger partial charge in [-0.1, -0.05) is 19.4 Å². The van der Waals surface area contributed by atoms with Crippen LogP contribution < -0.4 is 4.74 Å². The highest BCUT2D eigenvalue weighted by atomic mass is 32.5. The van der Waals surface area contributed by atoms with Crippen LogP contribution in [0.5, 0.6) is 5.75 Å². The van der Waals surface area contributed by atoms with E-state index in [9.17, 15) is 37.0 Å². The largest absolute Gasteiger partial charge is 0.432 e. The van der Waals surface area contributed by atoms with Gasteiger partial charge in [0.2, 0.25) is 0 Å². The van der Waals surface area contributed by atoms with Crippen molar-refractivity contribution in [1.82, 2.24) is 0 Å². The summed E-state index contributed by atoms with van der Waals surface area (Å²) >= 11 is 0. The van der Waals surface area contributed by atoms with Crippen LogP contribution in [0.2, 0.25) is 0 Å². The molecule has 0 bridgehead atoms. The Balaban J connectivity index is 2.37. The lowest BCUT2D eigenvalue weighted by Gasteiger charge is -2.40. The van der Waals surface area contributed by atoms with E-state index in [1.807, 2.05) is 0 Å². The predicted molar refractivity (Wildman–Crippen MR) is 73.5 cm³/mol. The third-order valence-electron chi connectivity index (χ3n) is 2.99. The highest BCUT2D eigenvalue weighted by molar-refractivity contribution is 8.45. The van der Waals surface area contributed by atoms with Crippen molar-refractivity contribution in [1.29, 1.82) is 0 Å². The van der Waals surface area contributed by atoms with Gasteiger partial charge in [-0.05, 0) is 48.9 Å². The van der Waals surface area contributed by atoms with Crippen LogP contribution in [0.1, 0.15) is 11.1 Å². The summed E-state index contributed by atoms with van der Waals surface area (Å²) in [5.74, 6) is -4.26. The molecule has 0 aliphatic rings. The molecule has 11 heteroatoms. The molecule has 0 amide bonds. The number of aryl methyl sites for hydroxylation is 1. The molecule has 140 valence electrons. The minimum absolute atomic E-state index is 0.00906. The van der Waals surface area contributed by atoms with Gasteiger partial charge in [-0.3, -0.25) is 0 Å². The molecule has 0 fully saturated rings. The molecule has 2 rings (SSSR count). The summed E-state index contributed by atoms with van der Waals surface area (Å²) < 4.78 is 122. The van der Waals surface area contributed by atoms with Gasteiger partial charge in [0, 0.05) is 0 Å². The van der Waals surface area contributed by atoms with Crippen LogP contribution in [0.15, 0.2) is 41.3 Å². The molecular formula is C14H9F9OS. The molecule has 0 N–H and O–H groups in total. The number of hydrogen-bond acceptors (Lipinski definition) is 1. The Kier molecular flexibility index (Phi) is 3.85. The summed E-state index contributed by atoms with van der Waals surface area (Å²) in [5, 5.41) is 0. The lowest BCUT2D eigenvalue weighted by molar-refractivity contribution is -0.189. The zero-order chi connectivity index (χ0) is 19.3. The minimum atomic E-state index is -9.97. The third-order valence-corrected chi connectivity index (χ3v) is 4.16. The van der Waals surface area contributed by atoms with Gasteiger partial charge in [0.05, 0.1) is 0 Å². The number of benzene rings is 2. The van der Waals surface area contributed by atoms with Crippen molar-refractivity contribution >= 4 is 10.2 Å². The van der Waals surface area contributed by atoms with Crippen LogP contribution in [0, 0.1) is 18.6 Å². The second-order valence-electron chi connectivity index (χ2n) is 5.16. The molecule has 0 saturated heterocycles. The first-order valence-corrected chi connectivity index (χ1v) is 8.32. The fourth-order valence-corrected chi connectivity index (χ4v) is 2.59. The van der Waals surface area contributed by atoms with Crippen molar-refractivity contribution < 1.29 is 41.7 Å². The van der Waals surface area contributed by atoms with Crippen LogP contribution in [-0.2, 0) is 6.11 Å². The van der Waals surface area contributed by atoms with E-state index in [0.717, 1.165) is 0 Å². The smallest absolute Gasteiger partial charge is 0.429 e. The molecule has 2 aromatic rings. The number of ether oxygens (including phenoxy) is 1. The lowest BCUT2D eigenvalue weighted by atomic mass is 10.1. The van der Waals surface area contributed by atoms with Crippen molar-refractivity contribution in [3.63, 3.8) is 0 Å². The zero-order valence-corrected chi connectivity index (χ0v) is 13.0. The lowest BCUT2D eigenvalue weighted by Crippen LogP contribution is -2.25. The maximum absolute atomic E-state index is 13.9. The van der Waals surface area contributed by atoms with E-state index in [2.05, 4.69) is 4.74 Å². The molecule has 2 aromatic carbocycles. The number of rotatable bonds is 4. The Bertz CT molecular complexity index is 790. The molecule has 25 heavy (non-hydrogen) atoms. The topological polar surface area (TPSA) is 9.23 Å². The Hall–Kier alpha value is -2.04. The van der Waals surface area contributed by atoms with Crippen molar-refractivity contribution in [3.05, 3.63) is 59.2 Å². The Morgan fingerprint density at radius 3 is 1.68 bits per heavy atom. The van der Waals surface area contributed by atoms with Crippen molar-refractivity contribution in [3.8, 4) is 5.75 Å². The summed E-state index contributed by atoms with van der Waals surface area (Å²) in [5.41, 5.74) is -1.75. The monoisotopic (exact) mass is 396 g/mol. The standard InChI is InChI=1S/C14H9F9OS/c1-8-6-11(15)13(12(16)7-8)14(17,18)24-9-2-4-10(5-3-9)25(19,20,21,22)23/h2-7H,1H3. The van der Waals surface area contributed by atoms with E-state index in [4.69, 9.17) is 0 Å². The quantitative estimate of drug-likeness (QED) is 0.503. The first-order chi connectivity index (χ1) is 11.0. The number of alkyl halides is 2.